The third kappa shape index (κ3) is 4.18. The Kier molecular flexibility index (Phi) is 6.25. The molecule has 3 aromatic heterocycles. The maximum Gasteiger partial charge on any atom is 0.357 e. The normalized spacial score (nSPS) is 16.1. The Morgan fingerprint density at radius 3 is 1.81 bits per heavy atom. The zero-order valence-corrected chi connectivity index (χ0v) is 28.6. The van der Waals surface area contributed by atoms with Gasteiger partial charge in [-0.25, -0.2) is 9.14 Å². The van der Waals surface area contributed by atoms with Crippen LogP contribution in [0.2, 0.25) is 0 Å². The predicted molar refractivity (Wildman–Crippen MR) is 212 cm³/mol. The van der Waals surface area contributed by atoms with Crippen molar-refractivity contribution < 1.29 is 8.99 Å². The third-order valence-electron chi connectivity index (χ3n) is 10.9. The summed E-state index contributed by atoms with van der Waals surface area (Å²) >= 11 is 0. The van der Waals surface area contributed by atoms with Gasteiger partial charge in [-0.1, -0.05) is 103 Å². The summed E-state index contributed by atoms with van der Waals surface area (Å²) in [5, 5.41) is 9.87. The highest BCUT2D eigenvalue weighted by atomic mass is 16.3. The number of amidine groups is 1. The maximum atomic E-state index is 6.77. The summed E-state index contributed by atoms with van der Waals surface area (Å²) in [4.78, 5) is 5.48. The molecule has 0 bridgehead atoms. The Balaban J connectivity index is 1.08. The van der Waals surface area contributed by atoms with Crippen molar-refractivity contribution in [1.82, 2.24) is 14.5 Å². The van der Waals surface area contributed by atoms with Crippen LogP contribution < -0.4 is 5.32 Å². The SMILES string of the molecule is C[N+]1=C(c2ccccc2)NC(c2ccc3c4c(oc3c2)CCC=C4n2c3ccccc3c3ccccc32)N=C1n1c2ccccc2c2ccccc21. The Bertz CT molecular complexity index is 2900. The number of hydrogen-bond acceptors (Lipinski definition) is 3. The lowest BCUT2D eigenvalue weighted by atomic mass is 9.97. The number of nitrogens with zero attached hydrogens (tertiary/aromatic N) is 4. The van der Waals surface area contributed by atoms with Crippen molar-refractivity contribution in [3.05, 3.63) is 174 Å². The summed E-state index contributed by atoms with van der Waals surface area (Å²) in [5.74, 6) is 2.89. The number of furan rings is 1. The molecular formula is C46H34N5O+. The van der Waals surface area contributed by atoms with Crippen molar-refractivity contribution in [2.75, 3.05) is 7.05 Å². The van der Waals surface area contributed by atoms with E-state index in [0.717, 1.165) is 63.5 Å². The highest BCUT2D eigenvalue weighted by Crippen LogP contribution is 2.42. The van der Waals surface area contributed by atoms with Crippen LogP contribution in [0.15, 0.2) is 161 Å². The standard InChI is InChI=1S/C46H33N5O/c1-49-45(29-14-3-2-4-15-29)47-44(48-46(49)51-38-22-11-7-18-33(38)34-19-8-12-23-39(34)51)30-26-27-35-42(28-30)52-41-25-13-24-40(43(35)41)50-36-20-9-5-16-31(36)32-17-6-10-21-37(32)50/h2-12,14-24,26-28,44H,13,25H2,1H3/p+1. The van der Waals surface area contributed by atoms with Crippen molar-refractivity contribution in [3.8, 4) is 0 Å². The van der Waals surface area contributed by atoms with Gasteiger partial charge in [0.05, 0.1) is 23.8 Å². The molecule has 52 heavy (non-hydrogen) atoms. The van der Waals surface area contributed by atoms with Crippen LogP contribution in [0.1, 0.15) is 35.0 Å². The number of aliphatic imine (C=N–C) groups is 1. The Morgan fingerprint density at radius 1 is 0.635 bits per heavy atom. The molecule has 9 aromatic rings. The summed E-state index contributed by atoms with van der Waals surface area (Å²) in [6, 6.07) is 51.8. The number of rotatable bonds is 3. The van der Waals surface area contributed by atoms with Crippen LogP contribution in [0.4, 0.5) is 0 Å². The lowest BCUT2D eigenvalue weighted by molar-refractivity contribution is -0.380. The second kappa shape index (κ2) is 11.2. The van der Waals surface area contributed by atoms with Gasteiger partial charge in [-0.2, -0.15) is 0 Å². The van der Waals surface area contributed by atoms with Gasteiger partial charge in [-0.3, -0.25) is 5.32 Å². The average Bonchev–Trinajstić information content (AvgIpc) is 3.86. The number of aryl methyl sites for hydroxylation is 1. The van der Waals surface area contributed by atoms with Crippen LogP contribution in [0.3, 0.4) is 0 Å². The topological polar surface area (TPSA) is 50.4 Å². The molecule has 6 heteroatoms. The van der Waals surface area contributed by atoms with E-state index in [9.17, 15) is 0 Å². The van der Waals surface area contributed by atoms with Crippen LogP contribution in [-0.2, 0) is 6.42 Å². The van der Waals surface area contributed by atoms with E-state index in [1.807, 2.05) is 0 Å². The first kappa shape index (κ1) is 29.1. The molecule has 0 saturated heterocycles. The summed E-state index contributed by atoms with van der Waals surface area (Å²) in [5.41, 5.74) is 10.1. The van der Waals surface area contributed by atoms with Gasteiger partial charge in [0.2, 0.25) is 12.0 Å². The molecule has 0 radical (unpaired) electrons. The number of aromatic nitrogens is 2. The first-order valence-corrected chi connectivity index (χ1v) is 18.0. The van der Waals surface area contributed by atoms with E-state index in [-0.39, 0.29) is 6.17 Å². The van der Waals surface area contributed by atoms with Crippen molar-refractivity contribution in [1.29, 1.82) is 0 Å². The first-order valence-electron chi connectivity index (χ1n) is 18.0. The molecule has 0 saturated carbocycles. The number of nitrogens with one attached hydrogen (secondary N) is 1. The van der Waals surface area contributed by atoms with Crippen molar-refractivity contribution >= 4 is 72.1 Å². The van der Waals surface area contributed by atoms with Crippen LogP contribution in [0, 0.1) is 0 Å². The molecule has 1 unspecified atom stereocenters. The Morgan fingerprint density at radius 2 is 1.19 bits per heavy atom. The number of fused-ring (bicyclic) bond motifs is 9. The molecule has 1 atom stereocenters. The largest absolute Gasteiger partial charge is 0.460 e. The van der Waals surface area contributed by atoms with Gasteiger partial charge in [0, 0.05) is 50.0 Å². The average molecular weight is 673 g/mol. The quantitative estimate of drug-likeness (QED) is 0.190. The molecule has 0 fully saturated rings. The highest BCUT2D eigenvalue weighted by Gasteiger charge is 2.33. The first-order chi connectivity index (χ1) is 25.7. The molecular weight excluding hydrogens is 639 g/mol. The smallest absolute Gasteiger partial charge is 0.357 e. The van der Waals surface area contributed by atoms with E-state index in [0.29, 0.717) is 0 Å². The molecule has 11 rings (SSSR count). The lowest BCUT2D eigenvalue weighted by Crippen LogP contribution is -2.44. The fourth-order valence-corrected chi connectivity index (χ4v) is 8.56. The lowest BCUT2D eigenvalue weighted by Gasteiger charge is -2.23. The number of hydrogen-bond donors (Lipinski definition) is 1. The fourth-order valence-electron chi connectivity index (χ4n) is 8.56. The van der Waals surface area contributed by atoms with E-state index >= 15 is 0 Å². The minimum absolute atomic E-state index is 0.347. The van der Waals surface area contributed by atoms with E-state index in [2.05, 4.69) is 178 Å². The van der Waals surface area contributed by atoms with E-state index < -0.39 is 0 Å². The molecule has 0 amide bonds. The summed E-state index contributed by atoms with van der Waals surface area (Å²) < 4.78 is 13.7. The second-order valence-electron chi connectivity index (χ2n) is 13.8. The maximum absolute atomic E-state index is 6.77. The van der Waals surface area contributed by atoms with E-state index in [4.69, 9.17) is 9.41 Å². The van der Waals surface area contributed by atoms with Gasteiger partial charge < -0.3 is 8.98 Å². The zero-order chi connectivity index (χ0) is 34.3. The monoisotopic (exact) mass is 672 g/mol. The number of para-hydroxylation sites is 4. The van der Waals surface area contributed by atoms with E-state index in [1.165, 1.54) is 43.8 Å². The Labute approximate surface area is 299 Å². The van der Waals surface area contributed by atoms with Gasteiger partial charge in [-0.05, 0) is 55.0 Å². The van der Waals surface area contributed by atoms with Crippen LogP contribution in [0.5, 0.6) is 0 Å². The minimum Gasteiger partial charge on any atom is -0.460 e. The molecule has 1 aliphatic carbocycles. The van der Waals surface area contributed by atoms with Gasteiger partial charge in [0.1, 0.15) is 22.4 Å². The molecule has 1 N–H and O–H groups in total. The molecule has 6 nitrogen and oxygen atoms in total. The van der Waals surface area contributed by atoms with Gasteiger partial charge >= 0.3 is 5.96 Å². The zero-order valence-electron chi connectivity index (χ0n) is 28.6. The van der Waals surface area contributed by atoms with Crippen molar-refractivity contribution in [3.63, 3.8) is 0 Å². The molecule has 4 heterocycles. The third-order valence-corrected chi connectivity index (χ3v) is 10.9. The van der Waals surface area contributed by atoms with E-state index in [1.54, 1.807) is 0 Å². The van der Waals surface area contributed by atoms with Gasteiger partial charge in [0.25, 0.3) is 0 Å². The molecule has 6 aromatic carbocycles. The predicted octanol–water partition coefficient (Wildman–Crippen LogP) is 10.1. The van der Waals surface area contributed by atoms with Gasteiger partial charge in [0.15, 0.2) is 0 Å². The summed E-state index contributed by atoms with van der Waals surface area (Å²) in [6.45, 7) is 0. The van der Waals surface area contributed by atoms with Crippen molar-refractivity contribution in [2.24, 2.45) is 4.99 Å². The fraction of sp³-hybridized carbons (Fsp3) is 0.0870. The Hall–Kier alpha value is -6.66. The van der Waals surface area contributed by atoms with Gasteiger partial charge in [-0.15, -0.1) is 4.99 Å². The molecule has 248 valence electrons. The van der Waals surface area contributed by atoms with Crippen molar-refractivity contribution in [2.45, 2.75) is 19.0 Å². The number of allylic oxidation sites excluding steroid dienone is 1. The van der Waals surface area contributed by atoms with Crippen LogP contribution in [0.25, 0.3) is 60.3 Å². The highest BCUT2D eigenvalue weighted by molar-refractivity contribution is 6.14. The number of benzene rings is 6. The molecule has 1 aliphatic heterocycles. The molecule has 0 spiro atoms. The minimum atomic E-state index is -0.347. The molecule has 2 aliphatic rings. The second-order valence-corrected chi connectivity index (χ2v) is 13.8. The van der Waals surface area contributed by atoms with Crippen LogP contribution >= 0.6 is 0 Å². The summed E-state index contributed by atoms with van der Waals surface area (Å²) in [7, 11) is 2.10. The summed E-state index contributed by atoms with van der Waals surface area (Å²) in [6.07, 6.45) is 3.83. The van der Waals surface area contributed by atoms with Crippen LogP contribution in [-0.4, -0.2) is 32.6 Å².